The summed E-state index contributed by atoms with van der Waals surface area (Å²) in [6.45, 7) is -0.592. The Hall–Kier alpha value is -2.54. The van der Waals surface area contributed by atoms with Crippen molar-refractivity contribution in [1.29, 1.82) is 0 Å². The minimum Gasteiger partial charge on any atom is -0.480 e. The van der Waals surface area contributed by atoms with Crippen LogP contribution in [0.4, 0.5) is 0 Å². The van der Waals surface area contributed by atoms with Crippen LogP contribution in [0.2, 0.25) is 0 Å². The van der Waals surface area contributed by atoms with Gasteiger partial charge in [0.2, 0.25) is 9.84 Å². The van der Waals surface area contributed by atoms with Crippen molar-refractivity contribution in [3.05, 3.63) is 48.0 Å². The molecule has 0 heterocycles. The lowest BCUT2D eigenvalue weighted by atomic mass is 9.94. The Kier molecular flexibility index (Phi) is 5.14. The quantitative estimate of drug-likeness (QED) is 0.675. The van der Waals surface area contributed by atoms with Gasteiger partial charge in [-0.25, -0.2) is 8.42 Å². The fourth-order valence-corrected chi connectivity index (χ4v) is 3.38. The third-order valence-corrected chi connectivity index (χ3v) is 4.80. The van der Waals surface area contributed by atoms with Gasteiger partial charge in [-0.05, 0) is 12.1 Å². The van der Waals surface area contributed by atoms with Crippen molar-refractivity contribution in [1.82, 2.24) is 5.32 Å². The number of carbonyl (C=O) groups excluding carboxylic acids is 1. The summed E-state index contributed by atoms with van der Waals surface area (Å²) in [5, 5.41) is 10.7. The number of nitrogens with one attached hydrogen (secondary N) is 1. The summed E-state index contributed by atoms with van der Waals surface area (Å²) in [7, 11) is 7.35. The maximum Gasteiger partial charge on any atom is 0.322 e. The van der Waals surface area contributed by atoms with Gasteiger partial charge < -0.3 is 10.4 Å². The Morgan fingerprint density at radius 3 is 2.29 bits per heavy atom. The van der Waals surface area contributed by atoms with Gasteiger partial charge in [0.1, 0.15) is 22.2 Å². The number of rotatable bonds is 5. The summed E-state index contributed by atoms with van der Waals surface area (Å²) < 4.78 is 25.3. The lowest BCUT2D eigenvalue weighted by molar-refractivity contribution is -0.135. The summed E-state index contributed by atoms with van der Waals surface area (Å²) >= 11 is 0. The molecule has 0 aromatic heterocycles. The highest BCUT2D eigenvalue weighted by Gasteiger charge is 2.20. The summed E-state index contributed by atoms with van der Waals surface area (Å²) in [4.78, 5) is 22.2. The van der Waals surface area contributed by atoms with Crippen LogP contribution in [0.5, 0.6) is 0 Å². The van der Waals surface area contributed by atoms with Gasteiger partial charge in [0.05, 0.1) is 9.79 Å². The molecule has 118 valence electrons. The molecule has 24 heavy (non-hydrogen) atoms. The first kappa shape index (κ1) is 17.8. The molecule has 0 aliphatic rings. The van der Waals surface area contributed by atoms with Crippen molar-refractivity contribution in [2.24, 2.45) is 0 Å². The van der Waals surface area contributed by atoms with Gasteiger partial charge in [-0.2, -0.15) is 0 Å². The van der Waals surface area contributed by atoms with Crippen molar-refractivity contribution in [3.63, 3.8) is 0 Å². The van der Waals surface area contributed by atoms with Crippen LogP contribution in [-0.4, -0.2) is 47.6 Å². The second kappa shape index (κ2) is 6.92. The number of sulfone groups is 1. The highest BCUT2D eigenvalue weighted by atomic mass is 32.2. The largest absolute Gasteiger partial charge is 0.480 e. The van der Waals surface area contributed by atoms with E-state index in [4.69, 9.17) is 20.8 Å². The fourth-order valence-electron chi connectivity index (χ4n) is 1.98. The highest BCUT2D eigenvalue weighted by Crippen LogP contribution is 2.20. The van der Waals surface area contributed by atoms with E-state index in [1.54, 1.807) is 6.07 Å². The molecule has 0 aliphatic carbocycles. The maximum atomic E-state index is 12.6. The predicted molar refractivity (Wildman–Crippen MR) is 89.1 cm³/mol. The average molecular weight is 339 g/mol. The third kappa shape index (κ3) is 4.05. The lowest BCUT2D eigenvalue weighted by Gasteiger charge is -2.10. The number of aliphatic carboxylic acids is 1. The van der Waals surface area contributed by atoms with E-state index in [0.29, 0.717) is 0 Å². The van der Waals surface area contributed by atoms with Crippen LogP contribution >= 0.6 is 0 Å². The number of benzene rings is 2. The first-order valence-corrected chi connectivity index (χ1v) is 8.19. The normalized spacial score (nSPS) is 11.0. The van der Waals surface area contributed by atoms with Crippen LogP contribution in [0, 0.1) is 0 Å². The van der Waals surface area contributed by atoms with Crippen molar-refractivity contribution in [3.8, 4) is 0 Å². The van der Waals surface area contributed by atoms with Crippen molar-refractivity contribution >= 4 is 48.3 Å². The van der Waals surface area contributed by atoms with E-state index in [1.165, 1.54) is 30.3 Å². The van der Waals surface area contributed by atoms with Crippen LogP contribution in [0.25, 0.3) is 0 Å². The minimum atomic E-state index is -3.93. The first-order valence-electron chi connectivity index (χ1n) is 6.71. The molecule has 0 unspecified atom stereocenters. The molecule has 0 fully saturated rings. The molecule has 1 amide bonds. The summed E-state index contributed by atoms with van der Waals surface area (Å²) in [5.41, 5.74) is 0.276. The highest BCUT2D eigenvalue weighted by molar-refractivity contribution is 7.91. The zero-order chi connectivity index (χ0) is 17.9. The van der Waals surface area contributed by atoms with Crippen LogP contribution in [0.15, 0.2) is 52.3 Å². The van der Waals surface area contributed by atoms with Gasteiger partial charge in [0, 0.05) is 5.56 Å². The molecule has 0 saturated heterocycles. The van der Waals surface area contributed by atoms with Crippen molar-refractivity contribution < 1.29 is 23.1 Å². The molecule has 6 nitrogen and oxygen atoms in total. The lowest BCUT2D eigenvalue weighted by Crippen LogP contribution is -2.30. The molecule has 4 radical (unpaired) electrons. The Bertz CT molecular complexity index is 912. The molecule has 0 aliphatic heterocycles. The van der Waals surface area contributed by atoms with E-state index >= 15 is 0 Å². The van der Waals surface area contributed by atoms with E-state index in [-0.39, 0.29) is 26.3 Å². The van der Waals surface area contributed by atoms with Crippen molar-refractivity contribution in [2.45, 2.75) is 9.79 Å². The summed E-state index contributed by atoms with van der Waals surface area (Å²) in [6, 6.07) is 9.31. The number of carbonyl (C=O) groups is 2. The number of hydrogen-bond donors (Lipinski definition) is 2. The van der Waals surface area contributed by atoms with Crippen LogP contribution < -0.4 is 16.2 Å². The Balaban J connectivity index is 2.44. The predicted octanol–water partition coefficient (Wildman–Crippen LogP) is -1.08. The van der Waals surface area contributed by atoms with E-state index in [1.807, 2.05) is 0 Å². The molecule has 0 spiro atoms. The van der Waals surface area contributed by atoms with E-state index < -0.39 is 28.3 Å². The molecule has 9 heteroatoms. The summed E-state index contributed by atoms with van der Waals surface area (Å²) in [6.07, 6.45) is 0. The Morgan fingerprint density at radius 1 is 1.00 bits per heavy atom. The minimum absolute atomic E-state index is 0.0370. The smallest absolute Gasteiger partial charge is 0.322 e. The number of hydrogen-bond acceptors (Lipinski definition) is 4. The van der Waals surface area contributed by atoms with Gasteiger partial charge >= 0.3 is 5.97 Å². The fraction of sp³-hybridized carbons (Fsp3) is 0.0667. The molecule has 0 bridgehead atoms. The first-order chi connectivity index (χ1) is 11.2. The monoisotopic (exact) mass is 339 g/mol. The topological polar surface area (TPSA) is 101 Å². The molecular formula is C15H11B2NO5S. The van der Waals surface area contributed by atoms with Gasteiger partial charge in [-0.1, -0.05) is 41.3 Å². The molecule has 2 rings (SSSR count). The van der Waals surface area contributed by atoms with Gasteiger partial charge in [-0.3, -0.25) is 9.59 Å². The molecule has 0 saturated carbocycles. The van der Waals surface area contributed by atoms with Gasteiger partial charge in [-0.15, -0.1) is 0 Å². The van der Waals surface area contributed by atoms with E-state index in [2.05, 4.69) is 5.32 Å². The third-order valence-electron chi connectivity index (χ3n) is 3.07. The molecule has 2 N–H and O–H groups in total. The van der Waals surface area contributed by atoms with Crippen LogP contribution in [0.3, 0.4) is 0 Å². The van der Waals surface area contributed by atoms with Gasteiger partial charge in [0.15, 0.2) is 0 Å². The zero-order valence-electron chi connectivity index (χ0n) is 12.4. The maximum absolute atomic E-state index is 12.6. The second-order valence-electron chi connectivity index (χ2n) is 4.94. The Labute approximate surface area is 141 Å². The van der Waals surface area contributed by atoms with Crippen LogP contribution in [0.1, 0.15) is 10.4 Å². The summed E-state index contributed by atoms with van der Waals surface area (Å²) in [5.74, 6) is -1.96. The molecule has 2 aromatic carbocycles. The molecule has 2 aromatic rings. The number of carboxylic acid groups (broad SMARTS) is 1. The SMILES string of the molecule is [B]c1cccc(S(=O)(=O)c2cc([B])cc(C(=O)NCC(=O)O)c2)c1. The van der Waals surface area contributed by atoms with E-state index in [9.17, 15) is 18.0 Å². The number of amides is 1. The van der Waals surface area contributed by atoms with Crippen LogP contribution in [-0.2, 0) is 14.6 Å². The van der Waals surface area contributed by atoms with Crippen molar-refractivity contribution in [2.75, 3.05) is 6.54 Å². The number of carboxylic acids is 1. The molecular weight excluding hydrogens is 328 g/mol. The Morgan fingerprint density at radius 2 is 1.67 bits per heavy atom. The molecule has 0 atom stereocenters. The second-order valence-corrected chi connectivity index (χ2v) is 6.89. The zero-order valence-corrected chi connectivity index (χ0v) is 13.2. The standard InChI is InChI=1S/C15H11B2NO5S/c16-10-2-1-3-12(6-10)24(22,23)13-5-9(4-11(17)7-13)15(21)18-8-14(19)20/h1-7H,8H2,(H,18,21)(H,19,20). The average Bonchev–Trinajstić information content (AvgIpc) is 2.52. The van der Waals surface area contributed by atoms with E-state index in [0.717, 1.165) is 6.07 Å². The van der Waals surface area contributed by atoms with Gasteiger partial charge in [0.25, 0.3) is 5.91 Å².